The number of benzene rings is 2. The molecule has 0 aromatic heterocycles. The zero-order valence-corrected chi connectivity index (χ0v) is 29.8. The van der Waals surface area contributed by atoms with Crippen LogP contribution in [0.4, 0.5) is 0 Å². The zero-order chi connectivity index (χ0) is 33.9. The molecule has 14 heteroatoms. The first-order chi connectivity index (χ1) is 20.1. The van der Waals surface area contributed by atoms with Gasteiger partial charge in [0.15, 0.2) is 11.5 Å². The lowest BCUT2D eigenvalue weighted by Gasteiger charge is -2.26. The van der Waals surface area contributed by atoms with Gasteiger partial charge >= 0.3 is 23.9 Å². The number of esters is 4. The second kappa shape index (κ2) is 15.1. The third-order valence-electron chi connectivity index (χ3n) is 7.10. The fourth-order valence-electron chi connectivity index (χ4n) is 3.04. The normalized spacial score (nSPS) is 13.1. The van der Waals surface area contributed by atoms with Crippen LogP contribution in [0.3, 0.4) is 0 Å². The summed E-state index contributed by atoms with van der Waals surface area (Å²) in [6, 6.07) is 2.22. The van der Waals surface area contributed by atoms with E-state index in [4.69, 9.17) is 88.6 Å². The molecule has 2 unspecified atom stereocenters. The Kier molecular flexibility index (Phi) is 13.1. The predicted molar refractivity (Wildman–Crippen MR) is 172 cm³/mol. The van der Waals surface area contributed by atoms with Gasteiger partial charge < -0.3 is 18.9 Å². The van der Waals surface area contributed by atoms with E-state index < -0.39 is 46.5 Å². The van der Waals surface area contributed by atoms with Gasteiger partial charge in [0.25, 0.3) is 0 Å². The lowest BCUT2D eigenvalue weighted by Crippen LogP contribution is -2.28. The Morgan fingerprint density at radius 1 is 0.591 bits per heavy atom. The van der Waals surface area contributed by atoms with Crippen LogP contribution in [0.1, 0.15) is 76.1 Å². The lowest BCUT2D eigenvalue weighted by atomic mass is 9.83. The molecule has 0 aliphatic rings. The van der Waals surface area contributed by atoms with Crippen LogP contribution in [0.5, 0.6) is 11.5 Å². The number of hydrogen-bond donors (Lipinski definition) is 0. The summed E-state index contributed by atoms with van der Waals surface area (Å²) in [7, 11) is 0. The van der Waals surface area contributed by atoms with Crippen molar-refractivity contribution in [1.29, 1.82) is 0 Å². The summed E-state index contributed by atoms with van der Waals surface area (Å²) in [6.07, 6.45) is 0. The predicted octanol–water partition coefficient (Wildman–Crippen LogP) is 9.80. The lowest BCUT2D eigenvalue weighted by molar-refractivity contribution is -0.156. The molecule has 0 aliphatic heterocycles. The highest BCUT2D eigenvalue weighted by atomic mass is 35.5. The minimum atomic E-state index is -1.66. The van der Waals surface area contributed by atoms with Crippen molar-refractivity contribution in [2.75, 3.05) is 13.2 Å². The van der Waals surface area contributed by atoms with E-state index in [1.165, 1.54) is 0 Å². The second-order valence-corrected chi connectivity index (χ2v) is 14.6. The highest BCUT2D eigenvalue weighted by Crippen LogP contribution is 2.42. The molecule has 0 radical (unpaired) electrons. The minimum absolute atomic E-state index is 0.0124. The highest BCUT2D eigenvalue weighted by molar-refractivity contribution is 6.47. The van der Waals surface area contributed by atoms with Gasteiger partial charge in [-0.15, -0.1) is 0 Å². The van der Waals surface area contributed by atoms with E-state index in [-0.39, 0.29) is 66.0 Å². The molecule has 8 nitrogen and oxygen atoms in total. The molecule has 0 saturated carbocycles. The first-order valence-corrected chi connectivity index (χ1v) is 15.5. The molecular weight excluding hydrogens is 701 g/mol. The topological polar surface area (TPSA) is 105 Å². The first-order valence-electron chi connectivity index (χ1n) is 13.2. The molecule has 0 N–H and O–H groups in total. The molecule has 0 saturated heterocycles. The van der Waals surface area contributed by atoms with Crippen LogP contribution in [0.15, 0.2) is 12.1 Å². The molecule has 2 aromatic rings. The van der Waals surface area contributed by atoms with Crippen LogP contribution in [-0.4, -0.2) is 37.1 Å². The number of carbonyl (C=O) groups is 4. The van der Waals surface area contributed by atoms with Gasteiger partial charge in [0, 0.05) is 0 Å². The molecule has 0 fully saturated rings. The van der Waals surface area contributed by atoms with Crippen LogP contribution in [0.2, 0.25) is 30.1 Å². The number of hydrogen-bond acceptors (Lipinski definition) is 8. The van der Waals surface area contributed by atoms with Crippen molar-refractivity contribution in [2.24, 2.45) is 22.7 Å². The maximum atomic E-state index is 13.0. The molecule has 0 amide bonds. The Balaban J connectivity index is 2.39. The molecule has 242 valence electrons. The Labute approximate surface area is 286 Å². The summed E-state index contributed by atoms with van der Waals surface area (Å²) in [5.74, 6) is -6.69. The van der Waals surface area contributed by atoms with Crippen molar-refractivity contribution >= 4 is 93.5 Å². The van der Waals surface area contributed by atoms with E-state index in [9.17, 15) is 19.2 Å². The summed E-state index contributed by atoms with van der Waals surface area (Å²) < 4.78 is 21.1. The van der Waals surface area contributed by atoms with E-state index >= 15 is 0 Å². The maximum Gasteiger partial charge on any atom is 0.423 e. The average molecular weight is 733 g/mol. The number of rotatable bonds is 8. The van der Waals surface area contributed by atoms with E-state index in [0.29, 0.717) is 0 Å². The van der Waals surface area contributed by atoms with E-state index in [1.807, 2.05) is 55.4 Å². The summed E-state index contributed by atoms with van der Waals surface area (Å²) in [5, 5.41) is -1.60. The van der Waals surface area contributed by atoms with E-state index in [1.54, 1.807) is 0 Å². The standard InChI is InChI=1S/C30H32Cl6O8/c1-13(29(3,4)5)11-41-25(37)19-21(35)15(31)9-17(33)23(19)43-27(39)28(40)44-24-18(34)10-16(32)22(36)20(24)26(38)42-12-14(2)30(6,7)8/h9-10,13-14H,11-12H2,1-8H3. The summed E-state index contributed by atoms with van der Waals surface area (Å²) in [6.45, 7) is 15.5. The van der Waals surface area contributed by atoms with Crippen molar-refractivity contribution in [1.82, 2.24) is 0 Å². The van der Waals surface area contributed by atoms with Crippen molar-refractivity contribution in [2.45, 2.75) is 55.4 Å². The number of ether oxygens (including phenoxy) is 4. The van der Waals surface area contributed by atoms with Gasteiger partial charge in [0.1, 0.15) is 11.1 Å². The third-order valence-corrected chi connectivity index (χ3v) is 9.24. The average Bonchev–Trinajstić information content (AvgIpc) is 2.90. The van der Waals surface area contributed by atoms with Gasteiger partial charge in [-0.3, -0.25) is 0 Å². The number of halogens is 6. The summed E-state index contributed by atoms with van der Waals surface area (Å²) in [4.78, 5) is 51.9. The van der Waals surface area contributed by atoms with Crippen molar-refractivity contribution in [3.05, 3.63) is 53.4 Å². The van der Waals surface area contributed by atoms with Gasteiger partial charge in [-0.25, -0.2) is 19.2 Å². The zero-order valence-electron chi connectivity index (χ0n) is 25.3. The van der Waals surface area contributed by atoms with Crippen molar-refractivity contribution in [3.8, 4) is 11.5 Å². The maximum absolute atomic E-state index is 13.0. The number of carbonyl (C=O) groups excluding carboxylic acids is 4. The highest BCUT2D eigenvalue weighted by Gasteiger charge is 2.33. The van der Waals surface area contributed by atoms with Crippen LogP contribution < -0.4 is 9.47 Å². The Hall–Kier alpha value is -1.94. The van der Waals surface area contributed by atoms with Crippen LogP contribution in [0.25, 0.3) is 0 Å². The van der Waals surface area contributed by atoms with E-state index in [0.717, 1.165) is 12.1 Å². The molecule has 2 aromatic carbocycles. The summed E-state index contributed by atoms with van der Waals surface area (Å²) in [5.41, 5.74) is -1.37. The third kappa shape index (κ3) is 9.54. The van der Waals surface area contributed by atoms with Gasteiger partial charge in [-0.05, 0) is 34.8 Å². The molecule has 0 heterocycles. The first kappa shape index (κ1) is 38.2. The Bertz CT molecular complexity index is 1350. The van der Waals surface area contributed by atoms with Gasteiger partial charge in [0.2, 0.25) is 0 Å². The quantitative estimate of drug-likeness (QED) is 0.114. The fourth-order valence-corrected chi connectivity index (χ4v) is 4.47. The van der Waals surface area contributed by atoms with Gasteiger partial charge in [-0.1, -0.05) is 125 Å². The minimum Gasteiger partial charge on any atom is -0.462 e. The molecule has 0 aliphatic carbocycles. The largest absolute Gasteiger partial charge is 0.462 e. The molecular formula is C30H32Cl6O8. The van der Waals surface area contributed by atoms with E-state index in [2.05, 4.69) is 0 Å². The van der Waals surface area contributed by atoms with Crippen LogP contribution in [-0.2, 0) is 19.1 Å². The van der Waals surface area contributed by atoms with Crippen LogP contribution in [0, 0.1) is 22.7 Å². The van der Waals surface area contributed by atoms with Crippen molar-refractivity contribution < 1.29 is 38.1 Å². The van der Waals surface area contributed by atoms with Crippen LogP contribution >= 0.6 is 69.6 Å². The smallest absolute Gasteiger partial charge is 0.423 e. The molecule has 0 spiro atoms. The SMILES string of the molecule is CC(COC(=O)c1c(Cl)c(Cl)cc(Cl)c1OC(=O)C(=O)Oc1c(Cl)cc(Cl)c(Cl)c1C(=O)OCC(C)C(C)(C)C)C(C)(C)C. The monoisotopic (exact) mass is 730 g/mol. The molecule has 0 bridgehead atoms. The molecule has 2 rings (SSSR count). The van der Waals surface area contributed by atoms with Gasteiger partial charge in [-0.2, -0.15) is 0 Å². The fraction of sp³-hybridized carbons (Fsp3) is 0.467. The van der Waals surface area contributed by atoms with Crippen molar-refractivity contribution in [3.63, 3.8) is 0 Å². The molecule has 2 atom stereocenters. The summed E-state index contributed by atoms with van der Waals surface area (Å²) >= 11 is 37.2. The molecule has 44 heavy (non-hydrogen) atoms. The Morgan fingerprint density at radius 3 is 1.16 bits per heavy atom. The second-order valence-electron chi connectivity index (χ2n) is 12.2. The Morgan fingerprint density at radius 2 is 0.886 bits per heavy atom. The van der Waals surface area contributed by atoms with Gasteiger partial charge in [0.05, 0.1) is 43.3 Å².